The zero-order valence-electron chi connectivity index (χ0n) is 14.6. The van der Waals surface area contributed by atoms with Crippen molar-refractivity contribution in [3.05, 3.63) is 34.2 Å². The number of hydrogen-bond acceptors (Lipinski definition) is 8. The summed E-state index contributed by atoms with van der Waals surface area (Å²) in [5.41, 5.74) is 0.0485. The topological polar surface area (TPSA) is 144 Å². The number of nitrogens with one attached hydrogen (secondary N) is 2. The lowest BCUT2D eigenvalue weighted by atomic mass is 10.2. The van der Waals surface area contributed by atoms with E-state index in [-0.39, 0.29) is 35.4 Å². The first-order valence-corrected chi connectivity index (χ1v) is 8.74. The van der Waals surface area contributed by atoms with Crippen LogP contribution in [0, 0.1) is 0 Å². The number of aryl methyl sites for hydroxylation is 1. The zero-order valence-corrected chi connectivity index (χ0v) is 15.5. The van der Waals surface area contributed by atoms with Crippen LogP contribution in [-0.2, 0) is 16.0 Å². The predicted molar refractivity (Wildman–Crippen MR) is 97.5 cm³/mol. The lowest BCUT2D eigenvalue weighted by Gasteiger charge is -2.10. The lowest BCUT2D eigenvalue weighted by molar-refractivity contribution is -0.137. The van der Waals surface area contributed by atoms with Crippen molar-refractivity contribution < 1.29 is 24.2 Å². The van der Waals surface area contributed by atoms with Gasteiger partial charge in [0.05, 0.1) is 26.4 Å². The van der Waals surface area contributed by atoms with Crippen molar-refractivity contribution in [2.45, 2.75) is 18.0 Å². The summed E-state index contributed by atoms with van der Waals surface area (Å²) in [5, 5.41) is 19.0. The molecule has 0 radical (unpaired) electrons. The Morgan fingerprint density at radius 1 is 1.22 bits per heavy atom. The van der Waals surface area contributed by atoms with E-state index in [1.54, 1.807) is 18.2 Å². The van der Waals surface area contributed by atoms with E-state index in [0.29, 0.717) is 17.2 Å². The number of carboxylic acids is 1. The molecule has 0 aliphatic heterocycles. The van der Waals surface area contributed by atoms with E-state index < -0.39 is 11.5 Å². The number of carbonyl (C=O) groups is 2. The van der Waals surface area contributed by atoms with Crippen LogP contribution in [0.4, 0.5) is 5.69 Å². The lowest BCUT2D eigenvalue weighted by Crippen LogP contribution is -2.19. The molecule has 2 aromatic rings. The molecule has 1 heterocycles. The number of nitrogens with zero attached hydrogens (tertiary/aromatic N) is 2. The smallest absolute Gasteiger partial charge is 0.303 e. The largest absolute Gasteiger partial charge is 0.493 e. The number of rotatable bonds is 9. The molecule has 0 fully saturated rings. The first-order valence-electron chi connectivity index (χ1n) is 7.75. The molecule has 1 aromatic heterocycles. The van der Waals surface area contributed by atoms with Gasteiger partial charge in [0, 0.05) is 18.2 Å². The third-order valence-corrected chi connectivity index (χ3v) is 4.19. The Morgan fingerprint density at radius 2 is 1.96 bits per heavy atom. The number of carbonyl (C=O) groups excluding carboxylic acids is 1. The second kappa shape index (κ2) is 9.57. The Morgan fingerprint density at radius 3 is 2.59 bits per heavy atom. The van der Waals surface area contributed by atoms with Crippen LogP contribution in [0.5, 0.6) is 11.5 Å². The van der Waals surface area contributed by atoms with E-state index in [9.17, 15) is 14.4 Å². The van der Waals surface area contributed by atoms with E-state index in [1.165, 1.54) is 14.2 Å². The minimum Gasteiger partial charge on any atom is -0.493 e. The van der Waals surface area contributed by atoms with Crippen molar-refractivity contribution in [2.24, 2.45) is 0 Å². The number of aliphatic carboxylic acids is 1. The highest BCUT2D eigenvalue weighted by Crippen LogP contribution is 2.29. The molecule has 0 aliphatic rings. The van der Waals surface area contributed by atoms with Gasteiger partial charge in [0.15, 0.2) is 16.7 Å². The van der Waals surface area contributed by atoms with Crippen LogP contribution in [0.25, 0.3) is 0 Å². The molecule has 0 bridgehead atoms. The van der Waals surface area contributed by atoms with Gasteiger partial charge in [0.1, 0.15) is 5.69 Å². The van der Waals surface area contributed by atoms with Crippen LogP contribution in [0.1, 0.15) is 12.1 Å². The molecule has 0 spiro atoms. The normalized spacial score (nSPS) is 10.3. The Kier molecular flexibility index (Phi) is 7.17. The Balaban J connectivity index is 1.93. The molecule has 0 saturated carbocycles. The molecule has 144 valence electrons. The maximum Gasteiger partial charge on any atom is 0.303 e. The number of ether oxygens (including phenoxy) is 2. The summed E-state index contributed by atoms with van der Waals surface area (Å²) in [5.74, 6) is -0.324. The Hall–Kier alpha value is -3.08. The summed E-state index contributed by atoms with van der Waals surface area (Å²) in [4.78, 5) is 36.9. The second-order valence-corrected chi connectivity index (χ2v) is 6.17. The summed E-state index contributed by atoms with van der Waals surface area (Å²) >= 11 is 0.999. The number of amides is 1. The molecule has 11 heteroatoms. The monoisotopic (exact) mass is 394 g/mol. The van der Waals surface area contributed by atoms with Gasteiger partial charge in [-0.25, -0.2) is 0 Å². The minimum atomic E-state index is -1.03. The fourth-order valence-corrected chi connectivity index (χ4v) is 2.65. The van der Waals surface area contributed by atoms with E-state index in [4.69, 9.17) is 14.6 Å². The molecule has 1 amide bonds. The van der Waals surface area contributed by atoms with Crippen LogP contribution in [0.3, 0.4) is 0 Å². The molecule has 3 N–H and O–H groups in total. The third-order valence-electron chi connectivity index (χ3n) is 3.33. The number of hydrogen-bond donors (Lipinski definition) is 3. The van der Waals surface area contributed by atoms with Crippen molar-refractivity contribution in [1.82, 2.24) is 15.2 Å². The van der Waals surface area contributed by atoms with E-state index >= 15 is 0 Å². The van der Waals surface area contributed by atoms with Crippen molar-refractivity contribution in [3.63, 3.8) is 0 Å². The number of anilines is 1. The van der Waals surface area contributed by atoms with E-state index in [1.807, 2.05) is 0 Å². The van der Waals surface area contributed by atoms with Crippen LogP contribution in [-0.4, -0.2) is 52.1 Å². The third kappa shape index (κ3) is 5.99. The van der Waals surface area contributed by atoms with Gasteiger partial charge in [0.2, 0.25) is 5.91 Å². The van der Waals surface area contributed by atoms with Crippen LogP contribution in [0.2, 0.25) is 0 Å². The highest BCUT2D eigenvalue weighted by molar-refractivity contribution is 7.99. The molecule has 10 nitrogen and oxygen atoms in total. The molecule has 2 rings (SSSR count). The first kappa shape index (κ1) is 20.2. The fourth-order valence-electron chi connectivity index (χ4n) is 2.04. The molecular formula is C16H18N4O6S. The van der Waals surface area contributed by atoms with Gasteiger partial charge in [-0.05, 0) is 12.1 Å². The summed E-state index contributed by atoms with van der Waals surface area (Å²) in [6, 6.07) is 4.96. The number of thioether (sulfide) groups is 1. The van der Waals surface area contributed by atoms with Crippen molar-refractivity contribution in [3.8, 4) is 11.5 Å². The quantitative estimate of drug-likeness (QED) is 0.529. The number of H-pyrrole nitrogens is 1. The molecule has 0 aliphatic carbocycles. The van der Waals surface area contributed by atoms with Gasteiger partial charge in [0.25, 0.3) is 5.56 Å². The summed E-state index contributed by atoms with van der Waals surface area (Å²) in [6.45, 7) is 0. The highest BCUT2D eigenvalue weighted by Gasteiger charge is 2.11. The maximum atomic E-state index is 12.1. The highest BCUT2D eigenvalue weighted by atomic mass is 32.2. The van der Waals surface area contributed by atoms with Gasteiger partial charge in [-0.2, -0.15) is 0 Å². The Bertz CT molecular complexity index is 885. The molecule has 0 unspecified atom stereocenters. The van der Waals surface area contributed by atoms with Gasteiger partial charge in [-0.15, -0.1) is 10.2 Å². The number of benzene rings is 1. The molecule has 1 aromatic carbocycles. The standard InChI is InChI=1S/C16H18N4O6S/c1-25-11-5-3-9(7-12(11)26-2)17-13(21)8-27-16-18-15(24)10(19-20-16)4-6-14(22)23/h3,5,7H,4,6,8H2,1-2H3,(H,17,21)(H,22,23)(H,18,20,24). The maximum absolute atomic E-state index is 12.1. The zero-order chi connectivity index (χ0) is 19.8. The van der Waals surface area contributed by atoms with Crippen molar-refractivity contribution >= 4 is 29.3 Å². The first-order chi connectivity index (χ1) is 12.9. The van der Waals surface area contributed by atoms with Gasteiger partial charge in [-0.3, -0.25) is 19.4 Å². The summed E-state index contributed by atoms with van der Waals surface area (Å²) < 4.78 is 10.3. The number of carboxylic acid groups (broad SMARTS) is 1. The van der Waals surface area contributed by atoms with Gasteiger partial charge < -0.3 is 19.9 Å². The fraction of sp³-hybridized carbons (Fsp3) is 0.312. The van der Waals surface area contributed by atoms with Gasteiger partial charge >= 0.3 is 5.97 Å². The molecule has 0 saturated heterocycles. The van der Waals surface area contributed by atoms with Crippen molar-refractivity contribution in [2.75, 3.05) is 25.3 Å². The predicted octanol–water partition coefficient (Wildman–Crippen LogP) is 0.930. The minimum absolute atomic E-state index is 0.00651. The average molecular weight is 394 g/mol. The van der Waals surface area contributed by atoms with E-state index in [2.05, 4.69) is 20.5 Å². The second-order valence-electron chi connectivity index (χ2n) is 5.21. The number of aromatic nitrogens is 3. The average Bonchev–Trinajstić information content (AvgIpc) is 2.65. The van der Waals surface area contributed by atoms with Crippen LogP contribution in [0.15, 0.2) is 28.2 Å². The van der Waals surface area contributed by atoms with Crippen LogP contribution < -0.4 is 20.3 Å². The SMILES string of the molecule is COc1ccc(NC(=O)CSc2nnc(CCC(=O)O)c(=O)[nH]2)cc1OC. The summed E-state index contributed by atoms with van der Waals surface area (Å²) in [7, 11) is 3.01. The molecular weight excluding hydrogens is 376 g/mol. The van der Waals surface area contributed by atoms with Gasteiger partial charge in [-0.1, -0.05) is 11.8 Å². The van der Waals surface area contributed by atoms with Crippen LogP contribution >= 0.6 is 11.8 Å². The number of aromatic amines is 1. The summed E-state index contributed by atoms with van der Waals surface area (Å²) in [6.07, 6.45) is -0.222. The van der Waals surface area contributed by atoms with Crippen molar-refractivity contribution in [1.29, 1.82) is 0 Å². The van der Waals surface area contributed by atoms with E-state index in [0.717, 1.165) is 11.8 Å². The molecule has 27 heavy (non-hydrogen) atoms. The number of methoxy groups -OCH3 is 2. The molecule has 0 atom stereocenters. The Labute approximate surface area is 158 Å².